The summed E-state index contributed by atoms with van der Waals surface area (Å²) in [7, 11) is 0. The standard InChI is InChI=1S/C5H10NO/c1-5-4-7-3-2-6-5/h5-6H,1-4H2. The molecule has 0 aromatic carbocycles. The van der Waals surface area contributed by atoms with E-state index in [2.05, 4.69) is 12.2 Å². The maximum absolute atomic E-state index is 5.06. The second-order valence-corrected chi connectivity index (χ2v) is 1.73. The van der Waals surface area contributed by atoms with E-state index in [9.17, 15) is 0 Å². The molecule has 0 aromatic rings. The van der Waals surface area contributed by atoms with E-state index in [0.717, 1.165) is 19.8 Å². The average molecular weight is 100 g/mol. The molecule has 0 aliphatic carbocycles. The molecular weight excluding hydrogens is 90.1 g/mol. The van der Waals surface area contributed by atoms with Crippen molar-refractivity contribution >= 4 is 0 Å². The number of ether oxygens (including phenoxy) is 1. The van der Waals surface area contributed by atoms with Crippen molar-refractivity contribution in [2.45, 2.75) is 6.04 Å². The first kappa shape index (κ1) is 5.06. The summed E-state index contributed by atoms with van der Waals surface area (Å²) in [6, 6.07) is 0.314. The lowest BCUT2D eigenvalue weighted by Gasteiger charge is -2.18. The van der Waals surface area contributed by atoms with Gasteiger partial charge in [0, 0.05) is 12.6 Å². The van der Waals surface area contributed by atoms with Gasteiger partial charge < -0.3 is 10.1 Å². The fourth-order valence-corrected chi connectivity index (χ4v) is 0.620. The quantitative estimate of drug-likeness (QED) is 0.455. The van der Waals surface area contributed by atoms with Crippen molar-refractivity contribution in [1.82, 2.24) is 5.32 Å². The first-order valence-electron chi connectivity index (χ1n) is 2.54. The summed E-state index contributed by atoms with van der Waals surface area (Å²) in [5, 5.41) is 3.15. The summed E-state index contributed by atoms with van der Waals surface area (Å²) < 4.78 is 5.06. The minimum absolute atomic E-state index is 0.314. The van der Waals surface area contributed by atoms with Crippen LogP contribution in [-0.4, -0.2) is 25.8 Å². The highest BCUT2D eigenvalue weighted by molar-refractivity contribution is 4.70. The zero-order valence-electron chi connectivity index (χ0n) is 4.31. The lowest BCUT2D eigenvalue weighted by atomic mass is 10.3. The third kappa shape index (κ3) is 1.45. The second-order valence-electron chi connectivity index (χ2n) is 1.73. The zero-order chi connectivity index (χ0) is 5.11. The highest BCUT2D eigenvalue weighted by Gasteiger charge is 2.04. The van der Waals surface area contributed by atoms with Gasteiger partial charge in [-0.3, -0.25) is 0 Å². The lowest BCUT2D eigenvalue weighted by Crippen LogP contribution is -2.38. The number of hydrogen-bond acceptors (Lipinski definition) is 2. The van der Waals surface area contributed by atoms with Gasteiger partial charge in [0.1, 0.15) is 0 Å². The minimum Gasteiger partial charge on any atom is -0.379 e. The summed E-state index contributed by atoms with van der Waals surface area (Å²) in [5.74, 6) is 0. The molecule has 1 heterocycles. The molecule has 1 radical (unpaired) electrons. The van der Waals surface area contributed by atoms with E-state index in [1.165, 1.54) is 0 Å². The molecule has 1 unspecified atom stereocenters. The van der Waals surface area contributed by atoms with Gasteiger partial charge in [0.15, 0.2) is 0 Å². The maximum Gasteiger partial charge on any atom is 0.0620 e. The first-order valence-corrected chi connectivity index (χ1v) is 2.54. The van der Waals surface area contributed by atoms with E-state index in [0.29, 0.717) is 6.04 Å². The molecule has 1 N–H and O–H groups in total. The predicted molar refractivity (Wildman–Crippen MR) is 28.0 cm³/mol. The molecule has 0 saturated carbocycles. The Hall–Kier alpha value is -0.0800. The molecule has 1 fully saturated rings. The summed E-state index contributed by atoms with van der Waals surface area (Å²) >= 11 is 0. The van der Waals surface area contributed by atoms with Gasteiger partial charge in [-0.2, -0.15) is 0 Å². The normalized spacial score (nSPS) is 33.0. The van der Waals surface area contributed by atoms with Crippen molar-refractivity contribution in [3.8, 4) is 0 Å². The number of rotatable bonds is 0. The zero-order valence-corrected chi connectivity index (χ0v) is 4.31. The summed E-state index contributed by atoms with van der Waals surface area (Å²) in [5.41, 5.74) is 0. The molecular formula is C5H10NO. The SMILES string of the molecule is [CH2]C1COCCN1. The average Bonchev–Trinajstić information content (AvgIpc) is 1.69. The van der Waals surface area contributed by atoms with Gasteiger partial charge in [-0.25, -0.2) is 0 Å². The number of morpholine rings is 1. The van der Waals surface area contributed by atoms with Crippen molar-refractivity contribution in [2.75, 3.05) is 19.8 Å². The van der Waals surface area contributed by atoms with Crippen molar-refractivity contribution in [3.05, 3.63) is 6.92 Å². The highest BCUT2D eigenvalue weighted by Crippen LogP contribution is 1.87. The van der Waals surface area contributed by atoms with Crippen LogP contribution in [-0.2, 0) is 4.74 Å². The van der Waals surface area contributed by atoms with E-state index in [-0.39, 0.29) is 0 Å². The van der Waals surface area contributed by atoms with Crippen LogP contribution in [0, 0.1) is 6.92 Å². The van der Waals surface area contributed by atoms with Gasteiger partial charge in [0.2, 0.25) is 0 Å². The van der Waals surface area contributed by atoms with Crippen LogP contribution in [0.2, 0.25) is 0 Å². The van der Waals surface area contributed by atoms with Crippen LogP contribution < -0.4 is 5.32 Å². The monoisotopic (exact) mass is 100 g/mol. The molecule has 0 bridgehead atoms. The smallest absolute Gasteiger partial charge is 0.0620 e. The first-order chi connectivity index (χ1) is 3.39. The Morgan fingerprint density at radius 1 is 1.71 bits per heavy atom. The molecule has 0 amide bonds. The van der Waals surface area contributed by atoms with Crippen LogP contribution in [0.1, 0.15) is 0 Å². The molecule has 7 heavy (non-hydrogen) atoms. The van der Waals surface area contributed by atoms with Crippen LogP contribution in [0.3, 0.4) is 0 Å². The van der Waals surface area contributed by atoms with Crippen molar-refractivity contribution in [2.24, 2.45) is 0 Å². The second kappa shape index (κ2) is 2.28. The molecule has 1 atom stereocenters. The van der Waals surface area contributed by atoms with Crippen LogP contribution in [0.25, 0.3) is 0 Å². The molecule has 0 spiro atoms. The third-order valence-electron chi connectivity index (χ3n) is 0.998. The van der Waals surface area contributed by atoms with Crippen molar-refractivity contribution in [3.63, 3.8) is 0 Å². The molecule has 2 nitrogen and oxygen atoms in total. The Bertz CT molecular complexity index is 50.0. The Morgan fingerprint density at radius 2 is 2.57 bits per heavy atom. The van der Waals surface area contributed by atoms with Gasteiger partial charge in [-0.05, 0) is 6.92 Å². The van der Waals surface area contributed by atoms with Gasteiger partial charge in [-0.15, -0.1) is 0 Å². The predicted octanol–water partition coefficient (Wildman–Crippen LogP) is -0.191. The van der Waals surface area contributed by atoms with Gasteiger partial charge in [0.05, 0.1) is 13.2 Å². The molecule has 41 valence electrons. The molecule has 1 rings (SSSR count). The Kier molecular flexibility index (Phi) is 1.65. The topological polar surface area (TPSA) is 21.3 Å². The van der Waals surface area contributed by atoms with Crippen LogP contribution in [0.5, 0.6) is 0 Å². The fraction of sp³-hybridized carbons (Fsp3) is 0.800. The van der Waals surface area contributed by atoms with E-state index in [4.69, 9.17) is 4.74 Å². The van der Waals surface area contributed by atoms with Gasteiger partial charge >= 0.3 is 0 Å². The van der Waals surface area contributed by atoms with E-state index in [1.54, 1.807) is 0 Å². The molecule has 0 aromatic heterocycles. The fourth-order valence-electron chi connectivity index (χ4n) is 0.620. The molecule has 1 saturated heterocycles. The van der Waals surface area contributed by atoms with E-state index >= 15 is 0 Å². The van der Waals surface area contributed by atoms with Gasteiger partial charge in [0.25, 0.3) is 0 Å². The molecule has 1 aliphatic heterocycles. The van der Waals surface area contributed by atoms with Crippen molar-refractivity contribution in [1.29, 1.82) is 0 Å². The third-order valence-corrected chi connectivity index (χ3v) is 0.998. The minimum atomic E-state index is 0.314. The van der Waals surface area contributed by atoms with E-state index in [1.807, 2.05) is 0 Å². The largest absolute Gasteiger partial charge is 0.379 e. The molecule has 1 aliphatic rings. The van der Waals surface area contributed by atoms with Gasteiger partial charge in [-0.1, -0.05) is 0 Å². The lowest BCUT2D eigenvalue weighted by molar-refractivity contribution is 0.0894. The Labute approximate surface area is 43.9 Å². The number of hydrogen-bond donors (Lipinski definition) is 1. The molecule has 2 heteroatoms. The number of nitrogens with one attached hydrogen (secondary N) is 1. The summed E-state index contributed by atoms with van der Waals surface area (Å²) in [6.45, 7) is 6.32. The Morgan fingerprint density at radius 3 is 2.86 bits per heavy atom. The highest BCUT2D eigenvalue weighted by atomic mass is 16.5. The van der Waals surface area contributed by atoms with E-state index < -0.39 is 0 Å². The van der Waals surface area contributed by atoms with Crippen LogP contribution in [0.4, 0.5) is 0 Å². The van der Waals surface area contributed by atoms with Crippen LogP contribution in [0.15, 0.2) is 0 Å². The Balaban J connectivity index is 2.12. The van der Waals surface area contributed by atoms with Crippen molar-refractivity contribution < 1.29 is 4.74 Å². The van der Waals surface area contributed by atoms with Crippen LogP contribution >= 0.6 is 0 Å². The summed E-state index contributed by atoms with van der Waals surface area (Å²) in [6.07, 6.45) is 0. The maximum atomic E-state index is 5.06. The summed E-state index contributed by atoms with van der Waals surface area (Å²) in [4.78, 5) is 0.